The first kappa shape index (κ1) is 21.5. The fraction of sp³-hybridized carbons (Fsp3) is 0.138. The summed E-state index contributed by atoms with van der Waals surface area (Å²) in [5, 5.41) is 3.43. The first-order valence-electron chi connectivity index (χ1n) is 11.0. The van der Waals surface area contributed by atoms with E-state index in [1.165, 1.54) is 11.1 Å². The lowest BCUT2D eigenvalue weighted by atomic mass is 9.91. The van der Waals surface area contributed by atoms with Gasteiger partial charge in [-0.15, -0.1) is 0 Å². The molecule has 0 unspecified atom stereocenters. The van der Waals surface area contributed by atoms with Gasteiger partial charge in [-0.25, -0.2) is 0 Å². The average Bonchev–Trinajstić information content (AvgIpc) is 2.87. The number of nitrogens with one attached hydrogen (secondary N) is 1. The van der Waals surface area contributed by atoms with Crippen molar-refractivity contribution in [3.05, 3.63) is 138 Å². The van der Waals surface area contributed by atoms with E-state index >= 15 is 0 Å². The Morgan fingerprint density at radius 2 is 1.12 bits per heavy atom. The van der Waals surface area contributed by atoms with E-state index in [1.54, 1.807) is 0 Å². The molecule has 0 radical (unpaired) electrons. The number of amides is 1. The lowest BCUT2D eigenvalue weighted by molar-refractivity contribution is -0.117. The van der Waals surface area contributed by atoms with Crippen molar-refractivity contribution in [2.24, 2.45) is 0 Å². The largest absolute Gasteiger partial charge is 0.307 e. The molecule has 0 aromatic heterocycles. The van der Waals surface area contributed by atoms with E-state index in [9.17, 15) is 4.79 Å². The molecule has 0 heterocycles. The second-order valence-corrected chi connectivity index (χ2v) is 7.81. The van der Waals surface area contributed by atoms with Gasteiger partial charge >= 0.3 is 0 Å². The molecule has 0 aliphatic heterocycles. The Kier molecular flexibility index (Phi) is 7.46. The van der Waals surface area contributed by atoms with Crippen LogP contribution >= 0.6 is 0 Å². The molecule has 0 saturated carbocycles. The van der Waals surface area contributed by atoms with Crippen LogP contribution in [0.15, 0.2) is 121 Å². The van der Waals surface area contributed by atoms with Crippen molar-refractivity contribution >= 4 is 11.6 Å². The van der Waals surface area contributed by atoms with Gasteiger partial charge in [-0.2, -0.15) is 0 Å². The summed E-state index contributed by atoms with van der Waals surface area (Å²) in [5.41, 5.74) is 4.49. The molecule has 3 nitrogen and oxygen atoms in total. The number of carbonyl (C=O) groups is 1. The zero-order valence-electron chi connectivity index (χ0n) is 18.1. The molecule has 0 aliphatic rings. The van der Waals surface area contributed by atoms with Crippen LogP contribution in [0.2, 0.25) is 0 Å². The van der Waals surface area contributed by atoms with Gasteiger partial charge in [0.2, 0.25) is 5.91 Å². The predicted octanol–water partition coefficient (Wildman–Crippen LogP) is 5.64. The molecular formula is C29H28N2O. The van der Waals surface area contributed by atoms with Crippen molar-refractivity contribution < 1.29 is 4.79 Å². The fourth-order valence-corrected chi connectivity index (χ4v) is 3.92. The quantitative estimate of drug-likeness (QED) is 0.380. The Hall–Kier alpha value is -3.69. The highest BCUT2D eigenvalue weighted by molar-refractivity contribution is 5.94. The van der Waals surface area contributed by atoms with Gasteiger partial charge in [-0.1, -0.05) is 109 Å². The molecule has 4 rings (SSSR count). The van der Waals surface area contributed by atoms with Crippen molar-refractivity contribution in [2.75, 3.05) is 18.0 Å². The summed E-state index contributed by atoms with van der Waals surface area (Å²) < 4.78 is 0. The van der Waals surface area contributed by atoms with Gasteiger partial charge in [0.1, 0.15) is 0 Å². The minimum atomic E-state index is 0.0555. The molecule has 3 heteroatoms. The molecule has 4 aromatic carbocycles. The van der Waals surface area contributed by atoms with Crippen LogP contribution in [0.5, 0.6) is 0 Å². The van der Waals surface area contributed by atoms with Crippen molar-refractivity contribution in [2.45, 2.75) is 12.5 Å². The van der Waals surface area contributed by atoms with Crippen LogP contribution in [0.3, 0.4) is 0 Å². The van der Waals surface area contributed by atoms with Crippen LogP contribution < -0.4 is 10.2 Å². The van der Waals surface area contributed by atoms with Crippen LogP contribution in [-0.2, 0) is 11.3 Å². The smallest absolute Gasteiger partial charge is 0.241 e. The number of hydrogen-bond acceptors (Lipinski definition) is 2. The van der Waals surface area contributed by atoms with Gasteiger partial charge in [-0.05, 0) is 28.8 Å². The maximum atomic E-state index is 13.3. The Labute approximate surface area is 190 Å². The lowest BCUT2D eigenvalue weighted by Gasteiger charge is -2.24. The normalized spacial score (nSPS) is 10.8. The predicted molar refractivity (Wildman–Crippen MR) is 132 cm³/mol. The number of para-hydroxylation sites is 1. The molecule has 1 N–H and O–H groups in total. The Balaban J connectivity index is 1.47. The molecule has 32 heavy (non-hydrogen) atoms. The van der Waals surface area contributed by atoms with E-state index in [0.29, 0.717) is 13.1 Å². The minimum Gasteiger partial charge on any atom is -0.307 e. The molecular weight excluding hydrogens is 392 g/mol. The molecule has 0 saturated heterocycles. The van der Waals surface area contributed by atoms with E-state index in [4.69, 9.17) is 0 Å². The van der Waals surface area contributed by atoms with Gasteiger partial charge in [0, 0.05) is 18.2 Å². The van der Waals surface area contributed by atoms with Crippen LogP contribution in [0.4, 0.5) is 5.69 Å². The van der Waals surface area contributed by atoms with Crippen molar-refractivity contribution in [1.29, 1.82) is 0 Å². The van der Waals surface area contributed by atoms with Crippen LogP contribution in [0.25, 0.3) is 0 Å². The monoisotopic (exact) mass is 420 g/mol. The SMILES string of the molecule is O=C(CNCC(c1ccccc1)c1ccccc1)N(Cc1ccccc1)c1ccccc1. The van der Waals surface area contributed by atoms with Gasteiger partial charge in [0.15, 0.2) is 0 Å². The summed E-state index contributed by atoms with van der Waals surface area (Å²) in [6.07, 6.45) is 0. The van der Waals surface area contributed by atoms with Crippen LogP contribution in [-0.4, -0.2) is 19.0 Å². The number of carbonyl (C=O) groups excluding carboxylic acids is 1. The highest BCUT2D eigenvalue weighted by atomic mass is 16.2. The molecule has 0 aliphatic carbocycles. The van der Waals surface area contributed by atoms with E-state index in [0.717, 1.165) is 11.3 Å². The zero-order valence-corrected chi connectivity index (χ0v) is 18.1. The molecule has 0 spiro atoms. The number of benzene rings is 4. The van der Waals surface area contributed by atoms with Gasteiger partial charge < -0.3 is 10.2 Å². The Morgan fingerprint density at radius 3 is 1.66 bits per heavy atom. The molecule has 0 fully saturated rings. The second-order valence-electron chi connectivity index (χ2n) is 7.81. The first-order chi connectivity index (χ1) is 15.8. The van der Waals surface area contributed by atoms with Crippen LogP contribution in [0.1, 0.15) is 22.6 Å². The molecule has 1 amide bonds. The standard InChI is InChI=1S/C29H28N2O/c32-29(31(27-19-11-4-12-20-27)23-24-13-5-1-6-14-24)22-30-21-28(25-15-7-2-8-16-25)26-17-9-3-10-18-26/h1-20,28,30H,21-23H2. The van der Waals surface area contributed by atoms with E-state index in [-0.39, 0.29) is 18.4 Å². The van der Waals surface area contributed by atoms with Crippen molar-refractivity contribution in [3.8, 4) is 0 Å². The maximum Gasteiger partial charge on any atom is 0.241 e. The summed E-state index contributed by atoms with van der Waals surface area (Å²) in [7, 11) is 0. The molecule has 160 valence electrons. The number of rotatable bonds is 9. The van der Waals surface area contributed by atoms with Gasteiger partial charge in [-0.3, -0.25) is 4.79 Å². The zero-order chi connectivity index (χ0) is 22.0. The lowest BCUT2D eigenvalue weighted by Crippen LogP contribution is -2.39. The van der Waals surface area contributed by atoms with Crippen LogP contribution in [0, 0.1) is 0 Å². The minimum absolute atomic E-state index is 0.0555. The third kappa shape index (κ3) is 5.71. The third-order valence-electron chi connectivity index (χ3n) is 5.58. The summed E-state index contributed by atoms with van der Waals surface area (Å²) >= 11 is 0. The fourth-order valence-electron chi connectivity index (χ4n) is 3.92. The van der Waals surface area contributed by atoms with Crippen molar-refractivity contribution in [1.82, 2.24) is 5.32 Å². The van der Waals surface area contributed by atoms with E-state index in [2.05, 4.69) is 66.0 Å². The summed E-state index contributed by atoms with van der Waals surface area (Å²) in [5.74, 6) is 0.240. The highest BCUT2D eigenvalue weighted by Gasteiger charge is 2.18. The second kappa shape index (κ2) is 11.1. The third-order valence-corrected chi connectivity index (χ3v) is 5.58. The van der Waals surface area contributed by atoms with Gasteiger partial charge in [0.25, 0.3) is 0 Å². The highest BCUT2D eigenvalue weighted by Crippen LogP contribution is 2.24. The first-order valence-corrected chi connectivity index (χ1v) is 11.0. The number of nitrogens with zero attached hydrogens (tertiary/aromatic N) is 1. The number of anilines is 1. The average molecular weight is 421 g/mol. The summed E-state index contributed by atoms with van der Waals surface area (Å²) in [6.45, 7) is 1.51. The summed E-state index contributed by atoms with van der Waals surface area (Å²) in [6, 6.07) is 40.9. The maximum absolute atomic E-state index is 13.3. The van der Waals surface area contributed by atoms with Crippen molar-refractivity contribution in [3.63, 3.8) is 0 Å². The molecule has 0 atom stereocenters. The molecule has 4 aromatic rings. The number of hydrogen-bond donors (Lipinski definition) is 1. The topological polar surface area (TPSA) is 32.3 Å². The van der Waals surface area contributed by atoms with Gasteiger partial charge in [0.05, 0.1) is 13.1 Å². The summed E-state index contributed by atoms with van der Waals surface area (Å²) in [4.78, 5) is 15.1. The Bertz CT molecular complexity index is 1040. The van der Waals surface area contributed by atoms with E-state index in [1.807, 2.05) is 65.6 Å². The Morgan fingerprint density at radius 1 is 0.656 bits per heavy atom. The van der Waals surface area contributed by atoms with E-state index < -0.39 is 0 Å². The molecule has 0 bridgehead atoms.